The minimum atomic E-state index is -0.757. The molecule has 0 aliphatic heterocycles. The molecule has 0 atom stereocenters. The van der Waals surface area contributed by atoms with Crippen LogP contribution in [0.15, 0.2) is 41.7 Å². The number of hydrogen-bond acceptors (Lipinski definition) is 3. The van der Waals surface area contributed by atoms with Crippen LogP contribution in [0.2, 0.25) is 13.1 Å². The number of H-pyrrole nitrogens is 1. The fourth-order valence-electron chi connectivity index (χ4n) is 1.70. The second kappa shape index (κ2) is 6.33. The second-order valence-corrected chi connectivity index (χ2v) is 6.48. The number of aromatic nitrogens is 2. The molecule has 99 valence electrons. The highest BCUT2D eigenvalue weighted by Crippen LogP contribution is 2.19. The first-order chi connectivity index (χ1) is 9.16. The monoisotopic (exact) mass is 272 g/mol. The topological polar surface area (TPSA) is 50.3 Å². The second-order valence-electron chi connectivity index (χ2n) is 4.46. The highest BCUT2D eigenvalue weighted by atomic mass is 28.3. The van der Waals surface area contributed by atoms with Gasteiger partial charge in [-0.15, -0.1) is 0 Å². The van der Waals surface area contributed by atoms with Crippen molar-refractivity contribution in [1.29, 1.82) is 0 Å². The van der Waals surface area contributed by atoms with Crippen molar-refractivity contribution in [2.75, 3.05) is 0 Å². The van der Waals surface area contributed by atoms with E-state index in [0.717, 1.165) is 22.8 Å². The molecule has 4 nitrogen and oxygen atoms in total. The van der Waals surface area contributed by atoms with Gasteiger partial charge in [-0.2, -0.15) is 0 Å². The molecule has 0 amide bonds. The van der Waals surface area contributed by atoms with Crippen molar-refractivity contribution in [2.24, 2.45) is 4.99 Å². The maximum atomic E-state index is 5.88. The number of nitrogens with one attached hydrogen (secondary N) is 1. The first kappa shape index (κ1) is 13.5. The minimum Gasteiger partial charge on any atom is -0.542 e. The van der Waals surface area contributed by atoms with Gasteiger partial charge in [0.05, 0.1) is 12.3 Å². The van der Waals surface area contributed by atoms with E-state index < -0.39 is 9.04 Å². The summed E-state index contributed by atoms with van der Waals surface area (Å²) in [5, 5.41) is 0. The predicted octanol–water partition coefficient (Wildman–Crippen LogP) is 3.05. The molecule has 0 unspecified atom stereocenters. The van der Waals surface area contributed by atoms with Crippen LogP contribution in [-0.4, -0.2) is 24.7 Å². The van der Waals surface area contributed by atoms with Crippen LogP contribution in [-0.2, 0) is 6.54 Å². The van der Waals surface area contributed by atoms with Crippen molar-refractivity contribution >= 4 is 14.8 Å². The Morgan fingerprint density at radius 1 is 1.37 bits per heavy atom. The van der Waals surface area contributed by atoms with Gasteiger partial charge in [0.15, 0.2) is 5.82 Å². The normalized spacial score (nSPS) is 11.9. The summed E-state index contributed by atoms with van der Waals surface area (Å²) in [6.45, 7) is 6.81. The van der Waals surface area contributed by atoms with E-state index in [1.807, 2.05) is 25.1 Å². The van der Waals surface area contributed by atoms with E-state index in [2.05, 4.69) is 34.1 Å². The van der Waals surface area contributed by atoms with E-state index in [0.29, 0.717) is 6.54 Å². The summed E-state index contributed by atoms with van der Waals surface area (Å²) in [6.07, 6.45) is 3.53. The molecular weight excluding hydrogens is 254 g/mol. The van der Waals surface area contributed by atoms with Crippen molar-refractivity contribution in [3.05, 3.63) is 48.0 Å². The molecule has 5 heteroatoms. The third kappa shape index (κ3) is 3.79. The molecule has 1 aromatic heterocycles. The van der Waals surface area contributed by atoms with E-state index in [1.165, 1.54) is 0 Å². The Balaban J connectivity index is 2.13. The van der Waals surface area contributed by atoms with E-state index in [1.54, 1.807) is 12.4 Å². The lowest BCUT2D eigenvalue weighted by Crippen LogP contribution is -2.12. The van der Waals surface area contributed by atoms with Crippen LogP contribution >= 0.6 is 0 Å². The highest BCUT2D eigenvalue weighted by Gasteiger charge is 2.06. The zero-order valence-corrected chi connectivity index (χ0v) is 12.5. The van der Waals surface area contributed by atoms with Crippen LogP contribution in [0.5, 0.6) is 5.75 Å². The third-order valence-corrected chi connectivity index (χ3v) is 3.24. The molecule has 2 rings (SSSR count). The fourth-order valence-corrected chi connectivity index (χ4v) is 2.33. The quantitative estimate of drug-likeness (QED) is 0.672. The van der Waals surface area contributed by atoms with Crippen LogP contribution in [0.4, 0.5) is 0 Å². The van der Waals surface area contributed by atoms with Crippen molar-refractivity contribution in [1.82, 2.24) is 9.97 Å². The number of benzene rings is 1. The Morgan fingerprint density at radius 2 is 2.16 bits per heavy atom. The molecular formula is C14H18N3OSi. The van der Waals surface area contributed by atoms with Crippen LogP contribution in [0, 0.1) is 0 Å². The Hall–Kier alpha value is -1.88. The molecule has 19 heavy (non-hydrogen) atoms. The summed E-state index contributed by atoms with van der Waals surface area (Å²) in [6, 6.07) is 8.06. The van der Waals surface area contributed by atoms with E-state index in [9.17, 15) is 0 Å². The molecule has 1 heterocycles. The van der Waals surface area contributed by atoms with E-state index >= 15 is 0 Å². The minimum absolute atomic E-state index is 0.609. The van der Waals surface area contributed by atoms with Crippen molar-refractivity contribution in [3.63, 3.8) is 0 Å². The first-order valence-electron chi connectivity index (χ1n) is 6.23. The van der Waals surface area contributed by atoms with Gasteiger partial charge < -0.3 is 9.41 Å². The Bertz CT molecular complexity index is 550. The van der Waals surface area contributed by atoms with Gasteiger partial charge >= 0.3 is 0 Å². The fraction of sp³-hybridized carbons (Fsp3) is 0.286. The molecule has 1 radical (unpaired) electrons. The lowest BCUT2D eigenvalue weighted by molar-refractivity contribution is 0.571. The summed E-state index contributed by atoms with van der Waals surface area (Å²) in [5.74, 6) is 1.76. The van der Waals surface area contributed by atoms with E-state index in [-0.39, 0.29) is 0 Å². The molecule has 0 spiro atoms. The zero-order chi connectivity index (χ0) is 13.7. The van der Waals surface area contributed by atoms with Crippen molar-refractivity contribution in [2.45, 2.75) is 26.6 Å². The van der Waals surface area contributed by atoms with Gasteiger partial charge in [-0.1, -0.05) is 18.2 Å². The summed E-state index contributed by atoms with van der Waals surface area (Å²) in [7, 11) is -0.757. The summed E-state index contributed by atoms with van der Waals surface area (Å²) >= 11 is 0. The van der Waals surface area contributed by atoms with Crippen molar-refractivity contribution < 1.29 is 4.43 Å². The van der Waals surface area contributed by atoms with Gasteiger partial charge in [0.25, 0.3) is 9.04 Å². The molecule has 0 fully saturated rings. The van der Waals surface area contributed by atoms with Gasteiger partial charge in [-0.3, -0.25) is 4.99 Å². The average Bonchev–Trinajstić information content (AvgIpc) is 2.90. The van der Waals surface area contributed by atoms with Gasteiger partial charge in [0.1, 0.15) is 5.75 Å². The first-order valence-corrected chi connectivity index (χ1v) is 8.64. The highest BCUT2D eigenvalue weighted by molar-refractivity contribution is 6.49. The molecule has 0 aliphatic rings. The molecule has 1 aromatic carbocycles. The number of imidazole rings is 1. The molecule has 0 aliphatic carbocycles. The van der Waals surface area contributed by atoms with Gasteiger partial charge in [0, 0.05) is 18.0 Å². The number of rotatable bonds is 5. The SMILES string of the molecule is CC(=NCc1ccccc1O[Si](C)C)c1ncc[nH]1. The van der Waals surface area contributed by atoms with Crippen LogP contribution in [0.25, 0.3) is 0 Å². The van der Waals surface area contributed by atoms with Gasteiger partial charge in [0.2, 0.25) is 0 Å². The average molecular weight is 272 g/mol. The van der Waals surface area contributed by atoms with Crippen molar-refractivity contribution in [3.8, 4) is 5.75 Å². The number of hydrogen-bond donors (Lipinski definition) is 1. The number of para-hydroxylation sites is 1. The Kier molecular flexibility index (Phi) is 4.51. The van der Waals surface area contributed by atoms with Gasteiger partial charge in [-0.05, 0) is 26.1 Å². The van der Waals surface area contributed by atoms with Crippen LogP contribution < -0.4 is 4.43 Å². The van der Waals surface area contributed by atoms with Gasteiger partial charge in [-0.25, -0.2) is 4.98 Å². The third-order valence-electron chi connectivity index (χ3n) is 2.61. The lowest BCUT2D eigenvalue weighted by atomic mass is 10.2. The molecule has 0 bridgehead atoms. The number of aliphatic imine (C=N–C) groups is 1. The molecule has 2 aromatic rings. The smallest absolute Gasteiger partial charge is 0.274 e. The molecule has 0 saturated carbocycles. The summed E-state index contributed by atoms with van der Waals surface area (Å²) < 4.78 is 5.88. The number of nitrogens with zero attached hydrogens (tertiary/aromatic N) is 2. The zero-order valence-electron chi connectivity index (χ0n) is 11.5. The Morgan fingerprint density at radius 3 is 2.84 bits per heavy atom. The summed E-state index contributed by atoms with van der Waals surface area (Å²) in [5.41, 5.74) is 2.01. The van der Waals surface area contributed by atoms with Crippen LogP contribution in [0.1, 0.15) is 18.3 Å². The Labute approximate surface area is 115 Å². The predicted molar refractivity (Wildman–Crippen MR) is 79.1 cm³/mol. The maximum absolute atomic E-state index is 5.88. The summed E-state index contributed by atoms with van der Waals surface area (Å²) in [4.78, 5) is 11.8. The largest absolute Gasteiger partial charge is 0.542 e. The maximum Gasteiger partial charge on any atom is 0.274 e. The lowest BCUT2D eigenvalue weighted by Gasteiger charge is -2.12. The molecule has 1 N–H and O–H groups in total. The number of aromatic amines is 1. The molecule has 0 saturated heterocycles. The van der Waals surface area contributed by atoms with E-state index in [4.69, 9.17) is 4.43 Å². The standard InChI is InChI=1S/C14H18N3OSi/c1-11(14-15-8-9-16-14)17-10-12-6-4-5-7-13(12)18-19(2)3/h4-9H,10H2,1-3H3,(H,15,16). The van der Waals surface area contributed by atoms with Crippen LogP contribution in [0.3, 0.4) is 0 Å².